The van der Waals surface area contributed by atoms with Gasteiger partial charge in [0.05, 0.1) is 4.47 Å². The minimum atomic E-state index is 0.273. The van der Waals surface area contributed by atoms with Crippen LogP contribution in [0.2, 0.25) is 0 Å². The number of furan rings is 1. The fourth-order valence-corrected chi connectivity index (χ4v) is 1.60. The highest BCUT2D eigenvalue weighted by Gasteiger charge is 2.11. The topological polar surface area (TPSA) is 42.6 Å². The largest absolute Gasteiger partial charge is 0.441 e. The number of aliphatic imine (C=N–C) groups is 1. The van der Waals surface area contributed by atoms with E-state index < -0.39 is 0 Å². The second-order valence-electron chi connectivity index (χ2n) is 2.65. The van der Waals surface area contributed by atoms with Crippen LogP contribution in [0.4, 0.5) is 5.88 Å². The fraction of sp³-hybridized carbons (Fsp3) is 0.375. The monoisotopic (exact) mass is 229 g/mol. The van der Waals surface area contributed by atoms with Crippen molar-refractivity contribution in [2.45, 2.75) is 19.8 Å². The molecular formula is C8H8BrNO2. The lowest BCUT2D eigenvalue weighted by atomic mass is 10.2. The van der Waals surface area contributed by atoms with Gasteiger partial charge in [0.2, 0.25) is 12.0 Å². The standard InChI is InChI=1S/C8H8BrNO2/c1-5(2)8-6(9)3-7(12-8)10-4-11/h3,5H,1-2H3. The van der Waals surface area contributed by atoms with Crippen LogP contribution < -0.4 is 0 Å². The van der Waals surface area contributed by atoms with Crippen LogP contribution in [0, 0.1) is 0 Å². The smallest absolute Gasteiger partial charge is 0.243 e. The van der Waals surface area contributed by atoms with Crippen LogP contribution >= 0.6 is 15.9 Å². The SMILES string of the molecule is CC(C)c1oc(N=C=O)cc1Br. The van der Waals surface area contributed by atoms with Crippen LogP contribution in [0.15, 0.2) is 19.9 Å². The Bertz CT molecular complexity index is 324. The van der Waals surface area contributed by atoms with Crippen molar-refractivity contribution in [2.75, 3.05) is 0 Å². The quantitative estimate of drug-likeness (QED) is 0.578. The molecule has 3 nitrogen and oxygen atoms in total. The molecule has 0 N–H and O–H groups in total. The van der Waals surface area contributed by atoms with Gasteiger partial charge < -0.3 is 4.42 Å². The maximum atomic E-state index is 9.90. The van der Waals surface area contributed by atoms with Crippen LogP contribution in [-0.2, 0) is 4.79 Å². The number of isocyanates is 1. The number of hydrogen-bond donors (Lipinski definition) is 0. The number of carbonyl (C=O) groups excluding carboxylic acids is 1. The lowest BCUT2D eigenvalue weighted by molar-refractivity contribution is 0.491. The van der Waals surface area contributed by atoms with Crippen LogP contribution in [0.3, 0.4) is 0 Å². The predicted molar refractivity (Wildman–Crippen MR) is 48.3 cm³/mol. The molecule has 0 saturated heterocycles. The first-order chi connectivity index (χ1) is 5.65. The highest BCUT2D eigenvalue weighted by Crippen LogP contribution is 2.31. The fourth-order valence-electron chi connectivity index (χ4n) is 0.864. The van der Waals surface area contributed by atoms with Crippen LogP contribution in [0.5, 0.6) is 0 Å². The highest BCUT2D eigenvalue weighted by atomic mass is 79.9. The summed E-state index contributed by atoms with van der Waals surface area (Å²) in [6.45, 7) is 4.00. The van der Waals surface area contributed by atoms with Gasteiger partial charge in [-0.15, -0.1) is 4.99 Å². The molecule has 0 aliphatic heterocycles. The van der Waals surface area contributed by atoms with Gasteiger partial charge in [-0.25, -0.2) is 4.79 Å². The van der Waals surface area contributed by atoms with Crippen LogP contribution in [-0.4, -0.2) is 6.08 Å². The Kier molecular flexibility index (Phi) is 2.84. The summed E-state index contributed by atoms with van der Waals surface area (Å²) in [7, 11) is 0. The summed E-state index contributed by atoms with van der Waals surface area (Å²) in [5.74, 6) is 1.36. The molecule has 0 spiro atoms. The van der Waals surface area contributed by atoms with E-state index in [4.69, 9.17) is 4.42 Å². The van der Waals surface area contributed by atoms with Crippen molar-refractivity contribution in [1.29, 1.82) is 0 Å². The Labute approximate surface area is 78.6 Å². The molecule has 0 radical (unpaired) electrons. The van der Waals surface area contributed by atoms with Crippen molar-refractivity contribution in [3.8, 4) is 0 Å². The minimum absolute atomic E-state index is 0.273. The number of halogens is 1. The number of nitrogens with zero attached hydrogens (tertiary/aromatic N) is 1. The Morgan fingerprint density at radius 2 is 2.33 bits per heavy atom. The summed E-state index contributed by atoms with van der Waals surface area (Å²) in [6, 6.07) is 1.65. The molecular weight excluding hydrogens is 222 g/mol. The van der Waals surface area contributed by atoms with E-state index in [0.717, 1.165) is 10.2 Å². The zero-order valence-electron chi connectivity index (χ0n) is 6.80. The molecule has 0 fully saturated rings. The van der Waals surface area contributed by atoms with E-state index in [1.54, 1.807) is 6.07 Å². The van der Waals surface area contributed by atoms with Gasteiger partial charge in [-0.1, -0.05) is 13.8 Å². The molecule has 1 heterocycles. The second-order valence-corrected chi connectivity index (χ2v) is 3.51. The summed E-state index contributed by atoms with van der Waals surface area (Å²) in [5.41, 5.74) is 0. The van der Waals surface area contributed by atoms with Gasteiger partial charge >= 0.3 is 0 Å². The molecule has 1 aromatic rings. The van der Waals surface area contributed by atoms with Crippen LogP contribution in [0.1, 0.15) is 25.5 Å². The zero-order chi connectivity index (χ0) is 9.14. The first kappa shape index (κ1) is 9.23. The van der Waals surface area contributed by atoms with E-state index in [1.807, 2.05) is 13.8 Å². The summed E-state index contributed by atoms with van der Waals surface area (Å²) in [4.78, 5) is 13.3. The van der Waals surface area contributed by atoms with E-state index in [-0.39, 0.29) is 5.92 Å². The summed E-state index contributed by atoms with van der Waals surface area (Å²) in [5, 5.41) is 0. The molecule has 0 saturated carbocycles. The maximum Gasteiger partial charge on any atom is 0.243 e. The molecule has 0 atom stereocenters. The highest BCUT2D eigenvalue weighted by molar-refractivity contribution is 9.10. The summed E-state index contributed by atoms with van der Waals surface area (Å²) in [6.07, 6.45) is 1.42. The molecule has 4 heteroatoms. The lowest BCUT2D eigenvalue weighted by Gasteiger charge is -1.98. The number of rotatable bonds is 2. The van der Waals surface area contributed by atoms with Gasteiger partial charge in [-0.05, 0) is 15.9 Å². The Balaban J connectivity index is 3.08. The van der Waals surface area contributed by atoms with E-state index in [1.165, 1.54) is 6.08 Å². The van der Waals surface area contributed by atoms with Gasteiger partial charge in [0.1, 0.15) is 5.76 Å². The molecule has 64 valence electrons. The molecule has 0 aliphatic rings. The van der Waals surface area contributed by atoms with Gasteiger partial charge in [0.25, 0.3) is 0 Å². The second kappa shape index (κ2) is 3.70. The van der Waals surface area contributed by atoms with Gasteiger partial charge in [0, 0.05) is 12.0 Å². The first-order valence-corrected chi connectivity index (χ1v) is 4.31. The Morgan fingerprint density at radius 1 is 1.67 bits per heavy atom. The van der Waals surface area contributed by atoms with E-state index in [2.05, 4.69) is 20.9 Å². The lowest BCUT2D eigenvalue weighted by Crippen LogP contribution is -1.82. The first-order valence-electron chi connectivity index (χ1n) is 3.52. The Morgan fingerprint density at radius 3 is 2.75 bits per heavy atom. The van der Waals surface area contributed by atoms with Gasteiger partial charge in [0.15, 0.2) is 0 Å². The Hall–Kier alpha value is -0.860. The number of hydrogen-bond acceptors (Lipinski definition) is 3. The minimum Gasteiger partial charge on any atom is -0.441 e. The molecule has 0 aromatic carbocycles. The van der Waals surface area contributed by atoms with Crippen molar-refractivity contribution in [1.82, 2.24) is 0 Å². The van der Waals surface area contributed by atoms with Crippen molar-refractivity contribution >= 4 is 27.9 Å². The van der Waals surface area contributed by atoms with E-state index >= 15 is 0 Å². The van der Waals surface area contributed by atoms with Crippen molar-refractivity contribution in [3.63, 3.8) is 0 Å². The van der Waals surface area contributed by atoms with Gasteiger partial charge in [-0.2, -0.15) is 0 Å². The average molecular weight is 230 g/mol. The van der Waals surface area contributed by atoms with Crippen molar-refractivity contribution in [3.05, 3.63) is 16.3 Å². The maximum absolute atomic E-state index is 9.90. The van der Waals surface area contributed by atoms with E-state index in [0.29, 0.717) is 5.88 Å². The van der Waals surface area contributed by atoms with Crippen molar-refractivity contribution < 1.29 is 9.21 Å². The van der Waals surface area contributed by atoms with E-state index in [9.17, 15) is 4.79 Å². The normalized spacial score (nSPS) is 10.0. The summed E-state index contributed by atoms with van der Waals surface area (Å²) >= 11 is 3.30. The van der Waals surface area contributed by atoms with Gasteiger partial charge in [-0.3, -0.25) is 0 Å². The molecule has 0 unspecified atom stereocenters. The third-order valence-electron chi connectivity index (χ3n) is 1.38. The molecule has 0 bridgehead atoms. The molecule has 0 aliphatic carbocycles. The predicted octanol–water partition coefficient (Wildman–Crippen LogP) is 3.13. The molecule has 1 aromatic heterocycles. The van der Waals surface area contributed by atoms with Crippen molar-refractivity contribution in [2.24, 2.45) is 4.99 Å². The average Bonchev–Trinajstić information content (AvgIpc) is 2.32. The third kappa shape index (κ3) is 1.84. The zero-order valence-corrected chi connectivity index (χ0v) is 8.38. The molecule has 0 amide bonds. The molecule has 12 heavy (non-hydrogen) atoms. The van der Waals surface area contributed by atoms with Crippen LogP contribution in [0.25, 0.3) is 0 Å². The molecule has 1 rings (SSSR count). The third-order valence-corrected chi connectivity index (χ3v) is 2.00. The summed E-state index contributed by atoms with van der Waals surface area (Å²) < 4.78 is 6.08.